The predicted molar refractivity (Wildman–Crippen MR) is 89.7 cm³/mol. The van der Waals surface area contributed by atoms with Gasteiger partial charge in [0.25, 0.3) is 0 Å². The molecule has 0 radical (unpaired) electrons. The monoisotopic (exact) mass is 300 g/mol. The van der Waals surface area contributed by atoms with Crippen molar-refractivity contribution in [2.24, 2.45) is 5.92 Å². The molecular formula is C19H28N2O. The van der Waals surface area contributed by atoms with E-state index in [1.165, 1.54) is 29.5 Å². The Morgan fingerprint density at radius 2 is 1.77 bits per heavy atom. The predicted octanol–water partition coefficient (Wildman–Crippen LogP) is 3.14. The Balaban J connectivity index is 1.53. The summed E-state index contributed by atoms with van der Waals surface area (Å²) >= 11 is 0. The number of hydrogen-bond acceptors (Lipinski definition) is 2. The second kappa shape index (κ2) is 6.82. The average molecular weight is 300 g/mol. The van der Waals surface area contributed by atoms with Gasteiger partial charge in [-0.2, -0.15) is 0 Å². The Morgan fingerprint density at radius 1 is 1.09 bits per heavy atom. The van der Waals surface area contributed by atoms with Crippen LogP contribution in [-0.4, -0.2) is 41.9 Å². The summed E-state index contributed by atoms with van der Waals surface area (Å²) in [5, 5.41) is 0. The van der Waals surface area contributed by atoms with Crippen molar-refractivity contribution in [3.63, 3.8) is 0 Å². The normalized spacial score (nSPS) is 20.5. The van der Waals surface area contributed by atoms with Crippen LogP contribution in [0.4, 0.5) is 0 Å². The highest BCUT2D eigenvalue weighted by Gasteiger charge is 2.29. The minimum Gasteiger partial charge on any atom is -0.342 e. The van der Waals surface area contributed by atoms with Gasteiger partial charge in [-0.15, -0.1) is 0 Å². The molecule has 120 valence electrons. The second-order valence-electron chi connectivity index (χ2n) is 7.01. The molecule has 2 saturated heterocycles. The SMILES string of the molecule is Cc1ccc(C)c(CN2CCC(C(=O)N3CCCC3)CC2)c1. The van der Waals surface area contributed by atoms with Gasteiger partial charge in [0, 0.05) is 25.6 Å². The van der Waals surface area contributed by atoms with Crippen LogP contribution in [0.3, 0.4) is 0 Å². The highest BCUT2D eigenvalue weighted by Crippen LogP contribution is 2.24. The topological polar surface area (TPSA) is 23.6 Å². The van der Waals surface area contributed by atoms with E-state index in [0.717, 1.165) is 45.6 Å². The van der Waals surface area contributed by atoms with Crippen molar-refractivity contribution < 1.29 is 4.79 Å². The molecule has 2 heterocycles. The van der Waals surface area contributed by atoms with Gasteiger partial charge in [0.15, 0.2) is 0 Å². The molecule has 0 N–H and O–H groups in total. The van der Waals surface area contributed by atoms with E-state index >= 15 is 0 Å². The van der Waals surface area contributed by atoms with Crippen LogP contribution < -0.4 is 0 Å². The molecule has 2 fully saturated rings. The number of rotatable bonds is 3. The van der Waals surface area contributed by atoms with Gasteiger partial charge in [-0.3, -0.25) is 9.69 Å². The highest BCUT2D eigenvalue weighted by atomic mass is 16.2. The van der Waals surface area contributed by atoms with Crippen LogP contribution in [0.25, 0.3) is 0 Å². The Kier molecular flexibility index (Phi) is 4.82. The fraction of sp³-hybridized carbons (Fsp3) is 0.632. The van der Waals surface area contributed by atoms with E-state index < -0.39 is 0 Å². The molecule has 0 unspecified atom stereocenters. The Labute approximate surface area is 134 Å². The minimum atomic E-state index is 0.271. The Morgan fingerprint density at radius 3 is 2.45 bits per heavy atom. The summed E-state index contributed by atoms with van der Waals surface area (Å²) in [5.74, 6) is 0.692. The van der Waals surface area contributed by atoms with Gasteiger partial charge in [-0.05, 0) is 63.7 Å². The summed E-state index contributed by atoms with van der Waals surface area (Å²) in [6.07, 6.45) is 4.44. The standard InChI is InChI=1S/C19H28N2O/c1-15-5-6-16(2)18(13-15)14-20-11-7-17(8-12-20)19(22)21-9-3-4-10-21/h5-6,13,17H,3-4,7-12,14H2,1-2H3. The van der Waals surface area contributed by atoms with Crippen molar-refractivity contribution in [1.29, 1.82) is 0 Å². The highest BCUT2D eigenvalue weighted by molar-refractivity contribution is 5.79. The number of piperidine rings is 1. The van der Waals surface area contributed by atoms with E-state index in [-0.39, 0.29) is 5.92 Å². The third-order valence-electron chi connectivity index (χ3n) is 5.25. The molecule has 1 aromatic carbocycles. The van der Waals surface area contributed by atoms with Crippen LogP contribution in [0.5, 0.6) is 0 Å². The Hall–Kier alpha value is -1.35. The zero-order chi connectivity index (χ0) is 15.5. The molecular weight excluding hydrogens is 272 g/mol. The van der Waals surface area contributed by atoms with Crippen molar-refractivity contribution in [3.8, 4) is 0 Å². The fourth-order valence-electron chi connectivity index (χ4n) is 3.75. The lowest BCUT2D eigenvalue weighted by Crippen LogP contribution is -2.41. The molecule has 0 bridgehead atoms. The summed E-state index contributed by atoms with van der Waals surface area (Å²) in [7, 11) is 0. The maximum absolute atomic E-state index is 12.5. The van der Waals surface area contributed by atoms with Gasteiger partial charge < -0.3 is 4.90 Å². The quantitative estimate of drug-likeness (QED) is 0.856. The lowest BCUT2D eigenvalue weighted by Gasteiger charge is -2.33. The molecule has 0 aromatic heterocycles. The molecule has 2 aliphatic rings. The number of carbonyl (C=O) groups is 1. The lowest BCUT2D eigenvalue weighted by molar-refractivity contribution is -0.136. The van der Waals surface area contributed by atoms with Crippen molar-refractivity contribution in [1.82, 2.24) is 9.80 Å². The third kappa shape index (κ3) is 3.52. The lowest BCUT2D eigenvalue weighted by atomic mass is 9.94. The first-order chi connectivity index (χ1) is 10.6. The van der Waals surface area contributed by atoms with Crippen LogP contribution in [0, 0.1) is 19.8 Å². The zero-order valence-electron chi connectivity index (χ0n) is 14.0. The van der Waals surface area contributed by atoms with Gasteiger partial charge in [0.1, 0.15) is 0 Å². The maximum Gasteiger partial charge on any atom is 0.225 e. The number of nitrogens with zero attached hydrogens (tertiary/aromatic N) is 2. The van der Waals surface area contributed by atoms with Gasteiger partial charge in [0.05, 0.1) is 0 Å². The van der Waals surface area contributed by atoms with E-state index in [9.17, 15) is 4.79 Å². The van der Waals surface area contributed by atoms with E-state index in [1.807, 2.05) is 0 Å². The molecule has 3 heteroatoms. The van der Waals surface area contributed by atoms with E-state index in [0.29, 0.717) is 5.91 Å². The number of aryl methyl sites for hydroxylation is 2. The molecule has 0 atom stereocenters. The van der Waals surface area contributed by atoms with E-state index in [1.54, 1.807) is 0 Å². The zero-order valence-corrected chi connectivity index (χ0v) is 14.0. The molecule has 1 aromatic rings. The molecule has 2 aliphatic heterocycles. The number of carbonyl (C=O) groups excluding carboxylic acids is 1. The number of amides is 1. The van der Waals surface area contributed by atoms with Crippen LogP contribution >= 0.6 is 0 Å². The molecule has 1 amide bonds. The van der Waals surface area contributed by atoms with Crippen LogP contribution in [0.15, 0.2) is 18.2 Å². The van der Waals surface area contributed by atoms with Crippen molar-refractivity contribution in [3.05, 3.63) is 34.9 Å². The number of benzene rings is 1. The van der Waals surface area contributed by atoms with E-state index in [2.05, 4.69) is 41.8 Å². The van der Waals surface area contributed by atoms with E-state index in [4.69, 9.17) is 0 Å². The van der Waals surface area contributed by atoms with Crippen LogP contribution in [0.2, 0.25) is 0 Å². The van der Waals surface area contributed by atoms with Gasteiger partial charge in [0.2, 0.25) is 5.91 Å². The third-order valence-corrected chi connectivity index (χ3v) is 5.25. The minimum absolute atomic E-state index is 0.271. The number of likely N-dealkylation sites (tertiary alicyclic amines) is 2. The first-order valence-electron chi connectivity index (χ1n) is 8.71. The van der Waals surface area contributed by atoms with Crippen molar-refractivity contribution in [2.45, 2.75) is 46.1 Å². The molecule has 3 nitrogen and oxygen atoms in total. The first kappa shape index (κ1) is 15.5. The molecule has 0 aliphatic carbocycles. The summed E-state index contributed by atoms with van der Waals surface area (Å²) in [6, 6.07) is 6.70. The number of hydrogen-bond donors (Lipinski definition) is 0. The van der Waals surface area contributed by atoms with Crippen LogP contribution in [-0.2, 0) is 11.3 Å². The summed E-state index contributed by atoms with van der Waals surface area (Å²) in [5.41, 5.74) is 4.14. The second-order valence-corrected chi connectivity index (χ2v) is 7.01. The maximum atomic E-state index is 12.5. The van der Waals surface area contributed by atoms with Gasteiger partial charge in [-0.25, -0.2) is 0 Å². The Bertz CT molecular complexity index is 526. The smallest absolute Gasteiger partial charge is 0.225 e. The summed E-state index contributed by atoms with van der Waals surface area (Å²) in [6.45, 7) is 9.46. The molecule has 22 heavy (non-hydrogen) atoms. The molecule has 3 rings (SSSR count). The summed E-state index contributed by atoms with van der Waals surface area (Å²) in [4.78, 5) is 17.1. The van der Waals surface area contributed by atoms with Crippen LogP contribution in [0.1, 0.15) is 42.4 Å². The van der Waals surface area contributed by atoms with Crippen molar-refractivity contribution in [2.75, 3.05) is 26.2 Å². The van der Waals surface area contributed by atoms with Crippen molar-refractivity contribution >= 4 is 5.91 Å². The molecule has 0 spiro atoms. The average Bonchev–Trinajstić information content (AvgIpc) is 3.05. The van der Waals surface area contributed by atoms with Gasteiger partial charge >= 0.3 is 0 Å². The first-order valence-corrected chi connectivity index (χ1v) is 8.71. The largest absolute Gasteiger partial charge is 0.342 e. The molecule has 0 saturated carbocycles. The fourth-order valence-corrected chi connectivity index (χ4v) is 3.75. The van der Waals surface area contributed by atoms with Gasteiger partial charge in [-0.1, -0.05) is 23.8 Å². The summed E-state index contributed by atoms with van der Waals surface area (Å²) < 4.78 is 0.